The molecule has 0 aromatic carbocycles. The van der Waals surface area contributed by atoms with Gasteiger partial charge < -0.3 is 5.32 Å². The first-order chi connectivity index (χ1) is 9.28. The third-order valence-electron chi connectivity index (χ3n) is 2.85. The Bertz CT molecular complexity index is 481. The molecular weight excluding hydrogens is 254 g/mol. The van der Waals surface area contributed by atoms with Crippen LogP contribution in [-0.2, 0) is 19.6 Å². The Labute approximate surface area is 119 Å². The molecule has 102 valence electrons. The van der Waals surface area contributed by atoms with Crippen LogP contribution < -0.4 is 5.32 Å². The number of hydrogen-bond acceptors (Lipinski definition) is 4. The number of pyridine rings is 1. The Hall–Kier alpha value is -1.23. The summed E-state index contributed by atoms with van der Waals surface area (Å²) in [7, 11) is 2.14. The van der Waals surface area contributed by atoms with E-state index in [0.29, 0.717) is 0 Å². The highest BCUT2D eigenvalue weighted by Crippen LogP contribution is 2.18. The van der Waals surface area contributed by atoms with Crippen molar-refractivity contribution in [2.75, 3.05) is 13.6 Å². The van der Waals surface area contributed by atoms with E-state index in [9.17, 15) is 0 Å². The summed E-state index contributed by atoms with van der Waals surface area (Å²) < 4.78 is 0. The van der Waals surface area contributed by atoms with Crippen molar-refractivity contribution in [1.29, 1.82) is 0 Å². The van der Waals surface area contributed by atoms with Crippen molar-refractivity contribution in [1.82, 2.24) is 15.2 Å². The molecule has 0 amide bonds. The molecule has 0 spiro atoms. The van der Waals surface area contributed by atoms with E-state index in [4.69, 9.17) is 0 Å². The zero-order valence-corrected chi connectivity index (χ0v) is 12.4. The summed E-state index contributed by atoms with van der Waals surface area (Å²) >= 11 is 1.89. The van der Waals surface area contributed by atoms with Crippen LogP contribution in [0.5, 0.6) is 0 Å². The van der Waals surface area contributed by atoms with Gasteiger partial charge in [0.1, 0.15) is 0 Å². The van der Waals surface area contributed by atoms with Crippen molar-refractivity contribution < 1.29 is 0 Å². The molecule has 1 N–H and O–H groups in total. The summed E-state index contributed by atoms with van der Waals surface area (Å²) in [5.41, 5.74) is 1.12. The van der Waals surface area contributed by atoms with E-state index >= 15 is 0 Å². The van der Waals surface area contributed by atoms with E-state index in [1.165, 1.54) is 9.75 Å². The maximum Gasteiger partial charge on any atom is 0.0543 e. The average molecular weight is 275 g/mol. The summed E-state index contributed by atoms with van der Waals surface area (Å²) in [5, 5.41) is 3.36. The van der Waals surface area contributed by atoms with Crippen LogP contribution in [0.15, 0.2) is 36.5 Å². The van der Waals surface area contributed by atoms with E-state index in [-0.39, 0.29) is 0 Å². The average Bonchev–Trinajstić information content (AvgIpc) is 2.85. The lowest BCUT2D eigenvalue weighted by molar-refractivity contribution is 0.318. The van der Waals surface area contributed by atoms with Gasteiger partial charge in [-0.2, -0.15) is 0 Å². The van der Waals surface area contributed by atoms with Crippen LogP contribution in [0.4, 0.5) is 0 Å². The van der Waals surface area contributed by atoms with Gasteiger partial charge in [-0.05, 0) is 37.9 Å². The van der Waals surface area contributed by atoms with Gasteiger partial charge in [0.05, 0.1) is 5.69 Å². The van der Waals surface area contributed by atoms with Gasteiger partial charge >= 0.3 is 0 Å². The molecule has 0 fully saturated rings. The summed E-state index contributed by atoms with van der Waals surface area (Å²) in [4.78, 5) is 9.47. The predicted molar refractivity (Wildman–Crippen MR) is 81.1 cm³/mol. The monoisotopic (exact) mass is 275 g/mol. The van der Waals surface area contributed by atoms with Crippen molar-refractivity contribution in [3.63, 3.8) is 0 Å². The molecule has 19 heavy (non-hydrogen) atoms. The van der Waals surface area contributed by atoms with E-state index < -0.39 is 0 Å². The molecule has 0 aliphatic rings. The molecule has 0 saturated carbocycles. The van der Waals surface area contributed by atoms with Gasteiger partial charge in [0.2, 0.25) is 0 Å². The van der Waals surface area contributed by atoms with Crippen LogP contribution in [0.3, 0.4) is 0 Å². The highest BCUT2D eigenvalue weighted by molar-refractivity contribution is 7.11. The molecule has 0 unspecified atom stereocenters. The van der Waals surface area contributed by atoms with E-state index in [0.717, 1.165) is 31.9 Å². The summed E-state index contributed by atoms with van der Waals surface area (Å²) in [6.07, 6.45) is 1.85. The standard InChI is InChI=1S/C15H21N3S/c1-3-16-10-14-7-8-15(19-14)12-18(2)11-13-6-4-5-9-17-13/h4-9,16H,3,10-12H2,1-2H3. The third kappa shape index (κ3) is 4.74. The van der Waals surface area contributed by atoms with Crippen molar-refractivity contribution >= 4 is 11.3 Å². The van der Waals surface area contributed by atoms with E-state index in [1.54, 1.807) is 0 Å². The Morgan fingerprint density at radius 1 is 1.16 bits per heavy atom. The second kappa shape index (κ2) is 7.38. The molecule has 0 bridgehead atoms. The molecule has 2 heterocycles. The molecule has 2 rings (SSSR count). The Morgan fingerprint density at radius 2 is 2.00 bits per heavy atom. The van der Waals surface area contributed by atoms with Crippen LogP contribution >= 0.6 is 11.3 Å². The zero-order valence-electron chi connectivity index (χ0n) is 11.6. The van der Waals surface area contributed by atoms with Crippen LogP contribution in [0.1, 0.15) is 22.4 Å². The van der Waals surface area contributed by atoms with Gasteiger partial charge in [-0.15, -0.1) is 11.3 Å². The van der Waals surface area contributed by atoms with Gasteiger partial charge in [0, 0.05) is 35.6 Å². The topological polar surface area (TPSA) is 28.2 Å². The number of thiophene rings is 1. The second-order valence-corrected chi connectivity index (χ2v) is 5.89. The molecule has 0 atom stereocenters. The third-order valence-corrected chi connectivity index (χ3v) is 3.92. The highest BCUT2D eigenvalue weighted by Gasteiger charge is 2.05. The first kappa shape index (κ1) is 14.2. The Balaban J connectivity index is 1.85. The van der Waals surface area contributed by atoms with Gasteiger partial charge in [0.15, 0.2) is 0 Å². The number of nitrogens with zero attached hydrogens (tertiary/aromatic N) is 2. The minimum absolute atomic E-state index is 0.890. The van der Waals surface area contributed by atoms with Crippen molar-refractivity contribution in [2.24, 2.45) is 0 Å². The fraction of sp³-hybridized carbons (Fsp3) is 0.400. The van der Waals surface area contributed by atoms with Crippen molar-refractivity contribution in [3.05, 3.63) is 52.0 Å². The Morgan fingerprint density at radius 3 is 2.74 bits per heavy atom. The molecule has 2 aromatic heterocycles. The fourth-order valence-corrected chi connectivity index (χ4v) is 3.01. The van der Waals surface area contributed by atoms with E-state index in [1.807, 2.05) is 29.7 Å². The quantitative estimate of drug-likeness (QED) is 0.842. The van der Waals surface area contributed by atoms with Gasteiger partial charge in [-0.1, -0.05) is 13.0 Å². The molecule has 3 nitrogen and oxygen atoms in total. The van der Waals surface area contributed by atoms with Crippen LogP contribution in [0.2, 0.25) is 0 Å². The van der Waals surface area contributed by atoms with E-state index in [2.05, 4.69) is 47.4 Å². The SMILES string of the molecule is CCNCc1ccc(CN(C)Cc2ccccn2)s1. The zero-order chi connectivity index (χ0) is 13.5. The van der Waals surface area contributed by atoms with Crippen LogP contribution in [-0.4, -0.2) is 23.5 Å². The first-order valence-corrected chi connectivity index (χ1v) is 7.46. The van der Waals surface area contributed by atoms with Gasteiger partial charge in [0.25, 0.3) is 0 Å². The smallest absolute Gasteiger partial charge is 0.0543 e. The molecule has 0 aliphatic carbocycles. The molecule has 4 heteroatoms. The Kier molecular flexibility index (Phi) is 5.51. The second-order valence-electron chi connectivity index (χ2n) is 4.64. The maximum absolute atomic E-state index is 4.36. The largest absolute Gasteiger partial charge is 0.312 e. The number of nitrogens with one attached hydrogen (secondary N) is 1. The maximum atomic E-state index is 4.36. The summed E-state index contributed by atoms with van der Waals surface area (Å²) in [6, 6.07) is 10.5. The molecule has 0 radical (unpaired) electrons. The van der Waals surface area contributed by atoms with Crippen LogP contribution in [0.25, 0.3) is 0 Å². The summed E-state index contributed by atoms with van der Waals surface area (Å²) in [5.74, 6) is 0. The molecule has 2 aromatic rings. The minimum atomic E-state index is 0.890. The lowest BCUT2D eigenvalue weighted by atomic mass is 10.3. The first-order valence-electron chi connectivity index (χ1n) is 6.64. The number of rotatable bonds is 7. The lowest BCUT2D eigenvalue weighted by Crippen LogP contribution is -2.17. The van der Waals surface area contributed by atoms with Gasteiger partial charge in [-0.25, -0.2) is 0 Å². The fourth-order valence-electron chi connectivity index (χ4n) is 1.94. The normalized spacial score (nSPS) is 11.1. The number of aromatic nitrogens is 1. The molecule has 0 saturated heterocycles. The van der Waals surface area contributed by atoms with Crippen molar-refractivity contribution in [2.45, 2.75) is 26.6 Å². The highest BCUT2D eigenvalue weighted by atomic mass is 32.1. The summed E-state index contributed by atoms with van der Waals surface area (Å²) in [6.45, 7) is 6.00. The molecular formula is C15H21N3S. The molecule has 0 aliphatic heterocycles. The predicted octanol–water partition coefficient (Wildman–Crippen LogP) is 2.88. The minimum Gasteiger partial charge on any atom is -0.312 e. The lowest BCUT2D eigenvalue weighted by Gasteiger charge is -2.14. The van der Waals surface area contributed by atoms with Crippen LogP contribution in [0, 0.1) is 0 Å². The van der Waals surface area contributed by atoms with Gasteiger partial charge in [-0.3, -0.25) is 9.88 Å². The number of hydrogen-bond donors (Lipinski definition) is 1. The van der Waals surface area contributed by atoms with Crippen molar-refractivity contribution in [3.8, 4) is 0 Å².